The van der Waals surface area contributed by atoms with Crippen LogP contribution in [-0.2, 0) is 6.54 Å². The van der Waals surface area contributed by atoms with E-state index in [1.165, 1.54) is 0 Å². The second kappa shape index (κ2) is 6.13. The Morgan fingerprint density at radius 1 is 1.32 bits per heavy atom. The van der Waals surface area contributed by atoms with E-state index in [-0.39, 0.29) is 6.04 Å². The van der Waals surface area contributed by atoms with Gasteiger partial charge in [0.15, 0.2) is 0 Å². The van der Waals surface area contributed by atoms with Crippen LogP contribution in [0.5, 0.6) is 5.75 Å². The van der Waals surface area contributed by atoms with E-state index in [0.717, 1.165) is 22.8 Å². The van der Waals surface area contributed by atoms with Crippen molar-refractivity contribution in [3.8, 4) is 5.75 Å². The van der Waals surface area contributed by atoms with Crippen molar-refractivity contribution in [3.05, 3.63) is 52.4 Å². The van der Waals surface area contributed by atoms with Gasteiger partial charge in [0.1, 0.15) is 17.3 Å². The zero-order chi connectivity index (χ0) is 13.8. The lowest BCUT2D eigenvalue weighted by Crippen LogP contribution is -2.18. The fraction of sp³-hybridized carbons (Fsp3) is 0.333. The smallest absolute Gasteiger partial charge is 0.123 e. The number of methoxy groups -OCH3 is 1. The first-order chi connectivity index (χ1) is 9.10. The zero-order valence-electron chi connectivity index (χ0n) is 11.4. The van der Waals surface area contributed by atoms with Crippen molar-refractivity contribution in [3.63, 3.8) is 0 Å². The summed E-state index contributed by atoms with van der Waals surface area (Å²) in [4.78, 5) is 0. The van der Waals surface area contributed by atoms with Crippen LogP contribution in [0, 0.1) is 6.92 Å². The molecule has 0 amide bonds. The van der Waals surface area contributed by atoms with Crippen LogP contribution < -0.4 is 10.1 Å². The second-order valence-electron chi connectivity index (χ2n) is 4.51. The normalized spacial score (nSPS) is 12.4. The average molecular weight is 280 g/mol. The highest BCUT2D eigenvalue weighted by atomic mass is 35.5. The summed E-state index contributed by atoms with van der Waals surface area (Å²) < 4.78 is 10.9. The van der Waals surface area contributed by atoms with Gasteiger partial charge < -0.3 is 14.5 Å². The first-order valence-corrected chi connectivity index (χ1v) is 6.60. The largest absolute Gasteiger partial charge is 0.496 e. The van der Waals surface area contributed by atoms with Gasteiger partial charge in [0.2, 0.25) is 0 Å². The lowest BCUT2D eigenvalue weighted by Gasteiger charge is -2.14. The van der Waals surface area contributed by atoms with E-state index in [4.69, 9.17) is 20.8 Å². The lowest BCUT2D eigenvalue weighted by molar-refractivity contribution is 0.396. The summed E-state index contributed by atoms with van der Waals surface area (Å²) in [5, 5.41) is 4.11. The van der Waals surface area contributed by atoms with E-state index in [1.54, 1.807) is 7.11 Å². The fourth-order valence-electron chi connectivity index (χ4n) is 1.94. The van der Waals surface area contributed by atoms with Crippen LogP contribution in [0.4, 0.5) is 0 Å². The van der Waals surface area contributed by atoms with Gasteiger partial charge in [-0.15, -0.1) is 0 Å². The van der Waals surface area contributed by atoms with Gasteiger partial charge in [-0.1, -0.05) is 11.6 Å². The Bertz CT molecular complexity index is 551. The van der Waals surface area contributed by atoms with Gasteiger partial charge in [-0.05, 0) is 44.2 Å². The summed E-state index contributed by atoms with van der Waals surface area (Å²) >= 11 is 6.01. The summed E-state index contributed by atoms with van der Waals surface area (Å²) in [7, 11) is 1.66. The van der Waals surface area contributed by atoms with Gasteiger partial charge in [0.25, 0.3) is 0 Å². The minimum absolute atomic E-state index is 0.136. The van der Waals surface area contributed by atoms with Crippen molar-refractivity contribution in [2.75, 3.05) is 7.11 Å². The summed E-state index contributed by atoms with van der Waals surface area (Å²) in [5.41, 5.74) is 1.03. The number of benzene rings is 1. The molecule has 0 saturated carbocycles. The van der Waals surface area contributed by atoms with Crippen LogP contribution in [0.25, 0.3) is 0 Å². The average Bonchev–Trinajstić information content (AvgIpc) is 2.83. The van der Waals surface area contributed by atoms with Crippen molar-refractivity contribution in [1.82, 2.24) is 5.32 Å². The van der Waals surface area contributed by atoms with Crippen LogP contribution in [-0.4, -0.2) is 7.11 Å². The summed E-state index contributed by atoms with van der Waals surface area (Å²) in [5.74, 6) is 2.68. The Kier molecular flexibility index (Phi) is 4.51. The topological polar surface area (TPSA) is 34.4 Å². The van der Waals surface area contributed by atoms with Gasteiger partial charge in [0.05, 0.1) is 13.2 Å². The number of hydrogen-bond acceptors (Lipinski definition) is 3. The Morgan fingerprint density at radius 3 is 2.74 bits per heavy atom. The Hall–Kier alpha value is -1.45. The molecule has 1 atom stereocenters. The molecule has 0 spiro atoms. The number of halogens is 1. The summed E-state index contributed by atoms with van der Waals surface area (Å²) in [6.45, 7) is 4.68. The highest BCUT2D eigenvalue weighted by molar-refractivity contribution is 6.30. The molecule has 2 rings (SSSR count). The molecule has 1 unspecified atom stereocenters. The Labute approximate surface area is 118 Å². The van der Waals surface area contributed by atoms with Crippen molar-refractivity contribution < 1.29 is 9.15 Å². The third-order valence-corrected chi connectivity index (χ3v) is 3.26. The van der Waals surface area contributed by atoms with Crippen LogP contribution in [0.15, 0.2) is 34.7 Å². The highest BCUT2D eigenvalue weighted by Crippen LogP contribution is 2.23. The molecule has 0 aliphatic heterocycles. The number of nitrogens with one attached hydrogen (secondary N) is 1. The SMILES string of the molecule is COc1ccc(Cl)cc1CNC(C)c1ccc(C)o1. The molecule has 19 heavy (non-hydrogen) atoms. The maximum atomic E-state index is 6.01. The molecular formula is C15H18ClNO2. The molecule has 1 aromatic carbocycles. The number of rotatable bonds is 5. The van der Waals surface area contributed by atoms with E-state index in [1.807, 2.05) is 37.3 Å². The molecule has 2 aromatic rings. The minimum atomic E-state index is 0.136. The number of ether oxygens (including phenoxy) is 1. The minimum Gasteiger partial charge on any atom is -0.496 e. The summed E-state index contributed by atoms with van der Waals surface area (Å²) in [6.07, 6.45) is 0. The number of furan rings is 1. The molecule has 1 N–H and O–H groups in total. The predicted molar refractivity (Wildman–Crippen MR) is 76.7 cm³/mol. The molecule has 0 saturated heterocycles. The molecule has 1 aromatic heterocycles. The lowest BCUT2D eigenvalue weighted by atomic mass is 10.1. The molecule has 0 aliphatic carbocycles. The van der Waals surface area contributed by atoms with E-state index in [2.05, 4.69) is 12.2 Å². The standard InChI is InChI=1S/C15H18ClNO2/c1-10-4-6-14(19-10)11(2)17-9-12-8-13(16)5-7-15(12)18-3/h4-8,11,17H,9H2,1-3H3. The van der Waals surface area contributed by atoms with Gasteiger partial charge in [-0.2, -0.15) is 0 Å². The zero-order valence-corrected chi connectivity index (χ0v) is 12.1. The maximum Gasteiger partial charge on any atom is 0.123 e. The first-order valence-electron chi connectivity index (χ1n) is 6.22. The third kappa shape index (κ3) is 3.52. The van der Waals surface area contributed by atoms with E-state index in [9.17, 15) is 0 Å². The van der Waals surface area contributed by atoms with Crippen LogP contribution in [0.2, 0.25) is 5.02 Å². The van der Waals surface area contributed by atoms with Crippen LogP contribution >= 0.6 is 11.6 Å². The highest BCUT2D eigenvalue weighted by Gasteiger charge is 2.10. The van der Waals surface area contributed by atoms with Crippen molar-refractivity contribution >= 4 is 11.6 Å². The quantitative estimate of drug-likeness (QED) is 0.895. The fourth-order valence-corrected chi connectivity index (χ4v) is 2.13. The molecule has 3 nitrogen and oxygen atoms in total. The summed E-state index contributed by atoms with van der Waals surface area (Å²) in [6, 6.07) is 9.70. The van der Waals surface area contributed by atoms with Crippen molar-refractivity contribution in [1.29, 1.82) is 0 Å². The van der Waals surface area contributed by atoms with E-state index < -0.39 is 0 Å². The Morgan fingerprint density at radius 2 is 2.11 bits per heavy atom. The van der Waals surface area contributed by atoms with Gasteiger partial charge in [0, 0.05) is 17.1 Å². The monoisotopic (exact) mass is 279 g/mol. The van der Waals surface area contributed by atoms with Gasteiger partial charge in [-0.3, -0.25) is 0 Å². The maximum absolute atomic E-state index is 6.01. The van der Waals surface area contributed by atoms with Gasteiger partial charge in [-0.25, -0.2) is 0 Å². The molecule has 4 heteroatoms. The molecule has 0 aliphatic rings. The molecule has 0 radical (unpaired) electrons. The molecule has 0 bridgehead atoms. The van der Waals surface area contributed by atoms with E-state index >= 15 is 0 Å². The molecular weight excluding hydrogens is 262 g/mol. The molecule has 1 heterocycles. The Balaban J connectivity index is 2.04. The van der Waals surface area contributed by atoms with Crippen molar-refractivity contribution in [2.45, 2.75) is 26.4 Å². The van der Waals surface area contributed by atoms with Crippen molar-refractivity contribution in [2.24, 2.45) is 0 Å². The second-order valence-corrected chi connectivity index (χ2v) is 4.94. The van der Waals surface area contributed by atoms with Crippen LogP contribution in [0.3, 0.4) is 0 Å². The van der Waals surface area contributed by atoms with Gasteiger partial charge >= 0.3 is 0 Å². The molecule has 0 fully saturated rings. The number of hydrogen-bond donors (Lipinski definition) is 1. The first kappa shape index (κ1) is 14.0. The number of aryl methyl sites for hydroxylation is 1. The predicted octanol–water partition coefficient (Wildman–Crippen LogP) is 4.10. The van der Waals surface area contributed by atoms with E-state index in [0.29, 0.717) is 11.6 Å². The third-order valence-electron chi connectivity index (χ3n) is 3.03. The van der Waals surface area contributed by atoms with Crippen LogP contribution in [0.1, 0.15) is 30.0 Å². The molecule has 102 valence electrons.